The van der Waals surface area contributed by atoms with Crippen LogP contribution in [0.3, 0.4) is 0 Å². The highest BCUT2D eigenvalue weighted by Gasteiger charge is 2.34. The lowest BCUT2D eigenvalue weighted by atomic mass is 9.99. The van der Waals surface area contributed by atoms with Gasteiger partial charge in [-0.1, -0.05) is 70.4 Å². The number of nitrogens with one attached hydrogen (secondary N) is 10. The van der Waals surface area contributed by atoms with Crippen molar-refractivity contribution < 1.29 is 85.7 Å². The maximum atomic E-state index is 14.6. The van der Waals surface area contributed by atoms with Gasteiger partial charge in [-0.05, 0) is 150 Å². The third kappa shape index (κ3) is 26.1. The van der Waals surface area contributed by atoms with Gasteiger partial charge in [0.05, 0.1) is 17.9 Å². The lowest BCUT2D eigenvalue weighted by Gasteiger charge is -2.26. The Kier molecular flexibility index (Phi) is 30.8. The van der Waals surface area contributed by atoms with Crippen LogP contribution in [0, 0.1) is 33.5 Å². The van der Waals surface area contributed by atoms with Crippen LogP contribution in [0.15, 0.2) is 94.4 Å². The van der Waals surface area contributed by atoms with Crippen molar-refractivity contribution in [3.8, 4) is 0 Å². The summed E-state index contributed by atoms with van der Waals surface area (Å²) >= 11 is 3.22. The highest BCUT2D eigenvalue weighted by atomic mass is 79.9. The highest BCUT2D eigenvalue weighted by molar-refractivity contribution is 9.10. The van der Waals surface area contributed by atoms with E-state index in [1.54, 1.807) is 18.3 Å². The molecule has 9 amide bonds. The topological polar surface area (TPSA) is 450 Å². The van der Waals surface area contributed by atoms with Gasteiger partial charge in [-0.15, -0.1) is 0 Å². The Hall–Kier alpha value is -9.62. The van der Waals surface area contributed by atoms with E-state index in [9.17, 15) is 85.7 Å². The third-order valence-electron chi connectivity index (χ3n) is 15.6. The molecule has 5 rings (SSSR count). The molecule has 4 aromatic carbocycles. The van der Waals surface area contributed by atoms with Crippen LogP contribution < -0.4 is 53.0 Å². The molecular formula is C66H83BrFN11O17S. The molecule has 15 N–H and O–H groups in total. The maximum absolute atomic E-state index is 14.6. The first-order valence-electron chi connectivity index (χ1n) is 31.3. The molecule has 524 valence electrons. The number of sulfonamides is 1. The summed E-state index contributed by atoms with van der Waals surface area (Å²) in [6.45, 7) is 6.52. The second-order valence-electron chi connectivity index (χ2n) is 23.4. The number of carbonyl (C=O) groups excluding carboxylic acids is 9. The number of hydrogen-bond acceptors (Lipinski definition) is 14. The molecule has 0 fully saturated rings. The average Bonchev–Trinajstić information content (AvgIpc) is 1.62. The number of aryl methyl sites for hydroxylation is 5. The molecule has 0 aliphatic carbocycles. The van der Waals surface area contributed by atoms with E-state index in [1.165, 1.54) is 37.3 Å². The van der Waals surface area contributed by atoms with Gasteiger partial charge in [0, 0.05) is 65.9 Å². The number of carboxylic acids is 3. The van der Waals surface area contributed by atoms with E-state index < -0.39 is 162 Å². The van der Waals surface area contributed by atoms with Crippen LogP contribution in [0.2, 0.25) is 0 Å². The smallest absolute Gasteiger partial charge is 0.305 e. The number of carbonyl (C=O) groups is 12. The first kappa shape index (κ1) is 78.1. The van der Waals surface area contributed by atoms with Crippen molar-refractivity contribution in [2.45, 2.75) is 165 Å². The fraction of sp³-hybridized carbons (Fsp3) is 0.424. The molecular weight excluding hydrogens is 1350 g/mol. The Morgan fingerprint density at radius 1 is 0.557 bits per heavy atom. The quantitative estimate of drug-likeness (QED) is 0.0250. The Bertz CT molecular complexity index is 3790. The van der Waals surface area contributed by atoms with Crippen LogP contribution in [0.1, 0.15) is 127 Å². The van der Waals surface area contributed by atoms with E-state index in [0.29, 0.717) is 54.2 Å². The Morgan fingerprint density at radius 3 is 1.76 bits per heavy atom. The van der Waals surface area contributed by atoms with E-state index in [-0.39, 0.29) is 54.2 Å². The molecule has 0 aliphatic rings. The second-order valence-corrected chi connectivity index (χ2v) is 26.0. The molecule has 0 saturated heterocycles. The monoisotopic (exact) mass is 1430 g/mol. The third-order valence-corrected chi connectivity index (χ3v) is 17.7. The van der Waals surface area contributed by atoms with Crippen LogP contribution in [0.4, 0.5) is 4.39 Å². The molecule has 31 heteroatoms. The average molecular weight is 1430 g/mol. The molecule has 6 unspecified atom stereocenters. The number of hydrogen-bond donors (Lipinski definition) is 14. The van der Waals surface area contributed by atoms with Crippen molar-refractivity contribution >= 4 is 108 Å². The number of halogens is 2. The predicted octanol–water partition coefficient (Wildman–Crippen LogP) is 3.33. The number of nitrogens with two attached hydrogens (primary N) is 1. The van der Waals surface area contributed by atoms with E-state index in [1.807, 2.05) is 49.8 Å². The van der Waals surface area contributed by atoms with Gasteiger partial charge >= 0.3 is 17.9 Å². The van der Waals surface area contributed by atoms with Crippen molar-refractivity contribution in [2.24, 2.45) is 5.73 Å². The first-order valence-corrected chi connectivity index (χ1v) is 33.6. The maximum Gasteiger partial charge on any atom is 0.305 e. The number of benzene rings is 4. The van der Waals surface area contributed by atoms with Gasteiger partial charge < -0.3 is 68.6 Å². The molecule has 1 heterocycles. The summed E-state index contributed by atoms with van der Waals surface area (Å²) in [5, 5.41) is 49.8. The van der Waals surface area contributed by atoms with E-state index in [4.69, 9.17) is 5.73 Å². The van der Waals surface area contributed by atoms with Crippen LogP contribution in [-0.4, -0.2) is 156 Å². The summed E-state index contributed by atoms with van der Waals surface area (Å²) in [7, 11) is -4.59. The molecule has 6 atom stereocenters. The zero-order valence-corrected chi connectivity index (χ0v) is 56.5. The summed E-state index contributed by atoms with van der Waals surface area (Å²) in [4.78, 5) is 160. The van der Waals surface area contributed by atoms with Gasteiger partial charge in [-0.2, -0.15) is 4.72 Å². The van der Waals surface area contributed by atoms with Crippen LogP contribution in [0.25, 0.3) is 10.9 Å². The summed E-state index contributed by atoms with van der Waals surface area (Å²) in [5.41, 5.74) is 10.8. The highest BCUT2D eigenvalue weighted by Crippen LogP contribution is 2.23. The summed E-state index contributed by atoms with van der Waals surface area (Å²) in [6.07, 6.45) is 0.0171. The zero-order chi connectivity index (χ0) is 71.5. The first-order chi connectivity index (χ1) is 45.9. The molecule has 97 heavy (non-hydrogen) atoms. The number of aromatic nitrogens is 1. The van der Waals surface area contributed by atoms with Gasteiger partial charge in [0.2, 0.25) is 57.3 Å². The van der Waals surface area contributed by atoms with Crippen molar-refractivity contribution in [3.63, 3.8) is 0 Å². The molecule has 5 aromatic rings. The predicted molar refractivity (Wildman–Crippen MR) is 356 cm³/mol. The van der Waals surface area contributed by atoms with Crippen LogP contribution >= 0.6 is 15.9 Å². The fourth-order valence-electron chi connectivity index (χ4n) is 10.7. The van der Waals surface area contributed by atoms with Crippen LogP contribution in [0.5, 0.6) is 0 Å². The van der Waals surface area contributed by atoms with Gasteiger partial charge in [-0.25, -0.2) is 12.8 Å². The summed E-state index contributed by atoms with van der Waals surface area (Å²) in [5.74, 6) is -12.9. The van der Waals surface area contributed by atoms with E-state index in [0.717, 1.165) is 39.7 Å². The SMILES string of the molecule is Cc1cc(C)c(C(=O)NCCCCC(NC(=O)CCCCCNC(=O)C(CCC(=O)O)NC(=O)C(CCc2c[nH]c3ccccc23)NC(=O)C(Cc2cccc(F)c2)NC(=O)CNC(=O)C(CCC(=O)O)NC(=O)C(CC(=O)O)NS(=O)(=O)c2ccc(Br)cc2C)C(N)=O)c(C)c1. The normalized spacial score (nSPS) is 13.1. The molecule has 0 bridgehead atoms. The van der Waals surface area contributed by atoms with Crippen LogP contribution in [-0.2, 0) is 75.6 Å². The number of rotatable bonds is 41. The molecule has 0 radical (unpaired) electrons. The number of unbranched alkanes of at least 4 members (excludes halogenated alkanes) is 3. The fourth-order valence-corrected chi connectivity index (χ4v) is 12.6. The summed E-state index contributed by atoms with van der Waals surface area (Å²) < 4.78 is 44.0. The Morgan fingerprint density at radius 2 is 1.14 bits per heavy atom. The van der Waals surface area contributed by atoms with Gasteiger partial charge in [0.15, 0.2) is 0 Å². The molecule has 0 saturated carbocycles. The number of fused-ring (bicyclic) bond motifs is 1. The number of aromatic amines is 1. The van der Waals surface area contributed by atoms with Crippen molar-refractivity contribution in [3.05, 3.63) is 134 Å². The molecule has 0 spiro atoms. The largest absolute Gasteiger partial charge is 0.481 e. The number of carboxylic acid groups (broad SMARTS) is 3. The van der Waals surface area contributed by atoms with E-state index >= 15 is 0 Å². The minimum Gasteiger partial charge on any atom is -0.481 e. The van der Waals surface area contributed by atoms with Crippen molar-refractivity contribution in [1.82, 2.24) is 52.2 Å². The summed E-state index contributed by atoms with van der Waals surface area (Å²) in [6, 6.07) is 10.6. The molecule has 28 nitrogen and oxygen atoms in total. The van der Waals surface area contributed by atoms with Gasteiger partial charge in [-0.3, -0.25) is 57.5 Å². The lowest BCUT2D eigenvalue weighted by Crippen LogP contribution is -2.58. The Labute approximate surface area is 567 Å². The number of aliphatic carboxylic acids is 3. The number of para-hydroxylation sites is 1. The standard InChI is InChI=1S/C66H83BrFN11O17S/c1-37-29-39(3)59(40(4)30-37)66(94)71-28-11-9-17-47(60(69)88)74-54(80)18-6-5-10-27-70-61(89)48(22-25-56(82)83)76-63(91)50(21-19-42-35-72-46-16-8-7-15-45(42)46)78-64(92)51(33-41-13-12-14-44(68)32-41)75-55(81)36-73-62(90)49(23-26-57(84)85)77-65(93)52(34-58(86)87)79-97(95,96)53-24-20-43(67)31-38(53)2/h7-8,12-16,20,24,29-32,35,47-52,72,79H,5-6,9-11,17-19,21-23,25-28,33-34,36H2,1-4H3,(H2,69,88)(H,70,89)(H,71,94)(H,73,90)(H,74,80)(H,75,81)(H,76,91)(H,77,93)(H,78,92)(H,82,83)(H,84,85)(H,86,87). The minimum absolute atomic E-state index is 0.0119. The van der Waals surface area contributed by atoms with Gasteiger partial charge in [0.1, 0.15) is 42.1 Å². The second kappa shape index (κ2) is 38.2. The molecule has 1 aromatic heterocycles. The zero-order valence-electron chi connectivity index (χ0n) is 54.1. The molecule has 0 aliphatic heterocycles. The number of amides is 9. The number of primary amides is 1. The lowest BCUT2D eigenvalue weighted by molar-refractivity contribution is -0.140. The minimum atomic E-state index is -4.59. The number of H-pyrrole nitrogens is 1. The van der Waals surface area contributed by atoms with Gasteiger partial charge in [0.25, 0.3) is 5.91 Å². The van der Waals surface area contributed by atoms with E-state index in [2.05, 4.69) is 63.4 Å². The Balaban J connectivity index is 1.24. The van der Waals surface area contributed by atoms with Crippen molar-refractivity contribution in [2.75, 3.05) is 19.6 Å². The van der Waals surface area contributed by atoms with Crippen molar-refractivity contribution in [1.29, 1.82) is 0 Å².